The van der Waals surface area contributed by atoms with Crippen LogP contribution in [0.3, 0.4) is 0 Å². The van der Waals surface area contributed by atoms with E-state index < -0.39 is 0 Å². The van der Waals surface area contributed by atoms with Crippen LogP contribution in [0.2, 0.25) is 0 Å². The minimum Gasteiger partial charge on any atom is -0.481 e. The van der Waals surface area contributed by atoms with Gasteiger partial charge in [0, 0.05) is 5.57 Å². The minimum atomic E-state index is 0.553. The van der Waals surface area contributed by atoms with Gasteiger partial charge in [-0.2, -0.15) is 0 Å². The number of aliphatic imine (C=N–C) groups is 1. The van der Waals surface area contributed by atoms with E-state index in [1.807, 2.05) is 12.2 Å². The molecular formula is C22H25NO. The smallest absolute Gasteiger partial charge is 0.211 e. The fourth-order valence-electron chi connectivity index (χ4n) is 2.52. The first-order valence-corrected chi connectivity index (χ1v) is 8.18. The van der Waals surface area contributed by atoms with Crippen molar-refractivity contribution in [3.05, 3.63) is 89.6 Å². The van der Waals surface area contributed by atoms with Crippen molar-refractivity contribution in [1.29, 1.82) is 0 Å². The van der Waals surface area contributed by atoms with E-state index >= 15 is 0 Å². The van der Waals surface area contributed by atoms with Gasteiger partial charge < -0.3 is 4.74 Å². The Morgan fingerprint density at radius 3 is 2.54 bits per heavy atom. The molecule has 1 heterocycles. The largest absolute Gasteiger partial charge is 0.481 e. The van der Waals surface area contributed by atoms with Crippen molar-refractivity contribution in [1.82, 2.24) is 0 Å². The molecule has 1 aliphatic rings. The van der Waals surface area contributed by atoms with E-state index in [0.717, 1.165) is 34.3 Å². The van der Waals surface area contributed by atoms with E-state index in [-0.39, 0.29) is 0 Å². The molecule has 1 aromatic carbocycles. The summed E-state index contributed by atoms with van der Waals surface area (Å²) in [4.78, 5) is 4.56. The van der Waals surface area contributed by atoms with Crippen molar-refractivity contribution >= 4 is 11.5 Å². The molecule has 0 N–H and O–H groups in total. The molecular weight excluding hydrogens is 294 g/mol. The van der Waals surface area contributed by atoms with E-state index in [2.05, 4.69) is 68.4 Å². The molecule has 24 heavy (non-hydrogen) atoms. The number of hydrogen-bond donors (Lipinski definition) is 0. The lowest BCUT2D eigenvalue weighted by molar-refractivity contribution is 0.400. The van der Waals surface area contributed by atoms with Gasteiger partial charge in [-0.15, -0.1) is 0 Å². The van der Waals surface area contributed by atoms with Crippen LogP contribution in [0.25, 0.3) is 5.57 Å². The Kier molecular flexibility index (Phi) is 6.14. The quantitative estimate of drug-likeness (QED) is 0.726. The third kappa shape index (κ3) is 4.45. The van der Waals surface area contributed by atoms with E-state index in [4.69, 9.17) is 4.74 Å². The molecule has 2 nitrogen and oxygen atoms in total. The zero-order valence-electron chi connectivity index (χ0n) is 14.8. The summed E-state index contributed by atoms with van der Waals surface area (Å²) in [5.41, 5.74) is 6.35. The Bertz CT molecular complexity index is 743. The second-order valence-corrected chi connectivity index (χ2v) is 5.79. The van der Waals surface area contributed by atoms with Crippen LogP contribution in [-0.4, -0.2) is 19.6 Å². The zero-order valence-corrected chi connectivity index (χ0v) is 14.8. The summed E-state index contributed by atoms with van der Waals surface area (Å²) in [6.07, 6.45) is 9.02. The van der Waals surface area contributed by atoms with Crippen LogP contribution in [0.15, 0.2) is 83.4 Å². The molecule has 0 aromatic heterocycles. The average Bonchev–Trinajstić information content (AvgIpc) is 2.59. The van der Waals surface area contributed by atoms with Gasteiger partial charge in [0.15, 0.2) is 0 Å². The van der Waals surface area contributed by atoms with Crippen LogP contribution in [-0.2, 0) is 4.74 Å². The number of nitrogens with zero attached hydrogens (tertiary/aromatic N) is 1. The van der Waals surface area contributed by atoms with Gasteiger partial charge >= 0.3 is 0 Å². The van der Waals surface area contributed by atoms with E-state index in [9.17, 15) is 0 Å². The van der Waals surface area contributed by atoms with Gasteiger partial charge in [-0.3, -0.25) is 0 Å². The third-order valence-corrected chi connectivity index (χ3v) is 3.98. The Labute approximate surface area is 145 Å². The van der Waals surface area contributed by atoms with E-state index in [1.54, 1.807) is 7.11 Å². The topological polar surface area (TPSA) is 21.6 Å². The normalized spacial score (nSPS) is 23.1. The molecule has 0 aliphatic carbocycles. The number of benzene rings is 1. The molecule has 2 heteroatoms. The molecule has 0 spiro atoms. The van der Waals surface area contributed by atoms with Crippen molar-refractivity contribution in [3.63, 3.8) is 0 Å². The number of ether oxygens (including phenoxy) is 1. The summed E-state index contributed by atoms with van der Waals surface area (Å²) in [5.74, 6) is 0.672. The van der Waals surface area contributed by atoms with Crippen LogP contribution in [0.1, 0.15) is 24.5 Å². The van der Waals surface area contributed by atoms with E-state index in [1.165, 1.54) is 5.56 Å². The lowest BCUT2D eigenvalue weighted by Crippen LogP contribution is -2.07. The maximum Gasteiger partial charge on any atom is 0.211 e. The Morgan fingerprint density at radius 2 is 1.92 bits per heavy atom. The summed E-state index contributed by atoms with van der Waals surface area (Å²) in [6.45, 7) is 13.1. The van der Waals surface area contributed by atoms with Crippen molar-refractivity contribution in [2.45, 2.75) is 20.3 Å². The number of rotatable bonds is 3. The van der Waals surface area contributed by atoms with Gasteiger partial charge in [0.2, 0.25) is 5.90 Å². The predicted octanol–water partition coefficient (Wildman–Crippen LogP) is 5.44. The maximum atomic E-state index is 5.43. The van der Waals surface area contributed by atoms with Gasteiger partial charge in [0.1, 0.15) is 0 Å². The lowest BCUT2D eigenvalue weighted by atomic mass is 9.97. The van der Waals surface area contributed by atoms with Gasteiger partial charge in [0.05, 0.1) is 13.7 Å². The minimum absolute atomic E-state index is 0.553. The molecule has 0 fully saturated rings. The zero-order chi connectivity index (χ0) is 17.5. The Balaban J connectivity index is 2.35. The van der Waals surface area contributed by atoms with Gasteiger partial charge in [-0.05, 0) is 41.7 Å². The van der Waals surface area contributed by atoms with Crippen LogP contribution in [0.5, 0.6) is 0 Å². The number of methoxy groups -OCH3 is 1. The van der Waals surface area contributed by atoms with Crippen LogP contribution in [0, 0.1) is 6.92 Å². The second kappa shape index (κ2) is 8.30. The number of aryl methyl sites for hydroxylation is 1. The van der Waals surface area contributed by atoms with Gasteiger partial charge in [-0.25, -0.2) is 4.99 Å². The third-order valence-electron chi connectivity index (χ3n) is 3.98. The summed E-state index contributed by atoms with van der Waals surface area (Å²) >= 11 is 0. The SMILES string of the molecule is C=C1/C=C\C(C(=C)c2ccc(C)cc2)=C/C/N=C(OC)\C(CC)=C/1. The van der Waals surface area contributed by atoms with Crippen molar-refractivity contribution < 1.29 is 4.74 Å². The highest BCUT2D eigenvalue weighted by molar-refractivity contribution is 5.94. The van der Waals surface area contributed by atoms with Crippen molar-refractivity contribution in [2.75, 3.05) is 13.7 Å². The first kappa shape index (κ1) is 17.7. The van der Waals surface area contributed by atoms with Gasteiger partial charge in [-0.1, -0.05) is 68.1 Å². The molecule has 1 aromatic rings. The molecule has 124 valence electrons. The summed E-state index contributed by atoms with van der Waals surface area (Å²) in [7, 11) is 1.66. The van der Waals surface area contributed by atoms with Crippen molar-refractivity contribution in [2.24, 2.45) is 4.99 Å². The molecule has 0 unspecified atom stereocenters. The fourth-order valence-corrected chi connectivity index (χ4v) is 2.52. The monoisotopic (exact) mass is 319 g/mol. The average molecular weight is 319 g/mol. The van der Waals surface area contributed by atoms with Gasteiger partial charge in [0.25, 0.3) is 0 Å². The number of hydrogen-bond acceptors (Lipinski definition) is 2. The molecule has 0 saturated carbocycles. The lowest BCUT2D eigenvalue weighted by Gasteiger charge is -2.11. The maximum absolute atomic E-state index is 5.43. The molecule has 0 atom stereocenters. The fraction of sp³-hybridized carbons (Fsp3) is 0.227. The highest BCUT2D eigenvalue weighted by Gasteiger charge is 2.08. The molecule has 0 bridgehead atoms. The molecule has 0 amide bonds. The molecule has 2 rings (SSSR count). The molecule has 0 radical (unpaired) electrons. The van der Waals surface area contributed by atoms with Crippen LogP contribution < -0.4 is 0 Å². The summed E-state index contributed by atoms with van der Waals surface area (Å²) in [6, 6.07) is 8.39. The predicted molar refractivity (Wildman–Crippen MR) is 104 cm³/mol. The van der Waals surface area contributed by atoms with E-state index in [0.29, 0.717) is 12.4 Å². The van der Waals surface area contributed by atoms with Crippen molar-refractivity contribution in [3.8, 4) is 0 Å². The highest BCUT2D eigenvalue weighted by Crippen LogP contribution is 2.24. The van der Waals surface area contributed by atoms with Crippen LogP contribution >= 0.6 is 0 Å². The number of allylic oxidation sites excluding steroid dienone is 6. The Hall–Kier alpha value is -2.61. The summed E-state index contributed by atoms with van der Waals surface area (Å²) in [5, 5.41) is 0. The van der Waals surface area contributed by atoms with Crippen LogP contribution in [0.4, 0.5) is 0 Å². The molecule has 1 aliphatic heterocycles. The summed E-state index contributed by atoms with van der Waals surface area (Å²) < 4.78 is 5.43. The first-order chi connectivity index (χ1) is 11.5. The highest BCUT2D eigenvalue weighted by atomic mass is 16.5. The standard InChI is InChI=1S/C22H25NO/c1-6-19-15-17(3)9-12-21(13-14-23-22(19)24-5)18(4)20-10-7-16(2)8-11-20/h7-13,15H,3-4,6,14H2,1-2,5H3/b12-9-,19-15-,21-13+,23-22+. The Morgan fingerprint density at radius 1 is 1.21 bits per heavy atom. The molecule has 0 saturated heterocycles. The first-order valence-electron chi connectivity index (χ1n) is 8.18. The second-order valence-electron chi connectivity index (χ2n) is 5.79.